The van der Waals surface area contributed by atoms with Gasteiger partial charge in [-0.1, -0.05) is 11.6 Å². The van der Waals surface area contributed by atoms with Crippen LogP contribution in [0.15, 0.2) is 16.7 Å². The van der Waals surface area contributed by atoms with E-state index in [1.807, 2.05) is 6.07 Å². The zero-order valence-electron chi connectivity index (χ0n) is 8.26. The standard InChI is InChI=1S/C10H13BrClN3/c11-7-5-9(10(12)14-6-7)15-8-1-3-13-4-2-8/h5-6,8,13,15H,1-4H2. The SMILES string of the molecule is Clc1ncc(Br)cc1NC1CCNCC1. The third kappa shape index (κ3) is 3.06. The summed E-state index contributed by atoms with van der Waals surface area (Å²) in [4.78, 5) is 4.08. The van der Waals surface area contributed by atoms with Gasteiger partial charge in [-0.25, -0.2) is 4.98 Å². The Kier molecular flexibility index (Phi) is 3.83. The Morgan fingerprint density at radius 1 is 1.47 bits per heavy atom. The van der Waals surface area contributed by atoms with Crippen LogP contribution in [0.25, 0.3) is 0 Å². The van der Waals surface area contributed by atoms with Crippen LogP contribution < -0.4 is 10.6 Å². The number of aromatic nitrogens is 1. The van der Waals surface area contributed by atoms with E-state index in [9.17, 15) is 0 Å². The molecule has 0 amide bonds. The molecule has 3 nitrogen and oxygen atoms in total. The number of hydrogen-bond acceptors (Lipinski definition) is 3. The number of halogens is 2. The van der Waals surface area contributed by atoms with Gasteiger partial charge < -0.3 is 10.6 Å². The van der Waals surface area contributed by atoms with Crippen molar-refractivity contribution < 1.29 is 0 Å². The van der Waals surface area contributed by atoms with E-state index in [4.69, 9.17) is 11.6 Å². The van der Waals surface area contributed by atoms with Crippen molar-refractivity contribution in [2.75, 3.05) is 18.4 Å². The molecule has 0 atom stereocenters. The number of nitrogens with zero attached hydrogens (tertiary/aromatic N) is 1. The van der Waals surface area contributed by atoms with Gasteiger partial charge in [0.1, 0.15) is 0 Å². The van der Waals surface area contributed by atoms with Gasteiger partial charge in [-0.3, -0.25) is 0 Å². The fourth-order valence-corrected chi connectivity index (χ4v) is 2.20. The summed E-state index contributed by atoms with van der Waals surface area (Å²) in [6.45, 7) is 2.13. The highest BCUT2D eigenvalue weighted by molar-refractivity contribution is 9.10. The summed E-state index contributed by atoms with van der Waals surface area (Å²) in [5.74, 6) is 0. The Labute approximate surface area is 103 Å². The Hall–Kier alpha value is -0.320. The van der Waals surface area contributed by atoms with Crippen molar-refractivity contribution in [1.29, 1.82) is 0 Å². The van der Waals surface area contributed by atoms with Gasteiger partial charge in [0.25, 0.3) is 0 Å². The molecule has 82 valence electrons. The molecule has 1 aromatic heterocycles. The third-order valence-electron chi connectivity index (χ3n) is 2.50. The van der Waals surface area contributed by atoms with Crippen LogP contribution in [-0.2, 0) is 0 Å². The lowest BCUT2D eigenvalue weighted by Gasteiger charge is -2.24. The van der Waals surface area contributed by atoms with Crippen LogP contribution in [0.4, 0.5) is 5.69 Å². The molecule has 0 bridgehead atoms. The molecular formula is C10H13BrClN3. The molecule has 2 heterocycles. The fourth-order valence-electron chi connectivity index (χ4n) is 1.71. The van der Waals surface area contributed by atoms with E-state index in [-0.39, 0.29) is 0 Å². The number of pyridine rings is 1. The predicted molar refractivity (Wildman–Crippen MR) is 66.5 cm³/mol. The molecular weight excluding hydrogens is 277 g/mol. The molecule has 0 radical (unpaired) electrons. The molecule has 5 heteroatoms. The minimum absolute atomic E-state index is 0.500. The highest BCUT2D eigenvalue weighted by Crippen LogP contribution is 2.24. The topological polar surface area (TPSA) is 37.0 Å². The summed E-state index contributed by atoms with van der Waals surface area (Å²) in [7, 11) is 0. The first-order valence-electron chi connectivity index (χ1n) is 5.04. The van der Waals surface area contributed by atoms with Crippen molar-refractivity contribution in [1.82, 2.24) is 10.3 Å². The van der Waals surface area contributed by atoms with E-state index < -0.39 is 0 Å². The largest absolute Gasteiger partial charge is 0.380 e. The summed E-state index contributed by atoms with van der Waals surface area (Å²) < 4.78 is 0.948. The Balaban J connectivity index is 2.05. The lowest BCUT2D eigenvalue weighted by Crippen LogP contribution is -2.35. The molecule has 1 saturated heterocycles. The van der Waals surface area contributed by atoms with Crippen LogP contribution in [0.2, 0.25) is 5.15 Å². The second-order valence-electron chi connectivity index (χ2n) is 3.66. The van der Waals surface area contributed by atoms with Gasteiger partial charge in [0.05, 0.1) is 5.69 Å². The fraction of sp³-hybridized carbons (Fsp3) is 0.500. The van der Waals surface area contributed by atoms with E-state index in [1.165, 1.54) is 0 Å². The van der Waals surface area contributed by atoms with Crippen LogP contribution in [0.5, 0.6) is 0 Å². The van der Waals surface area contributed by atoms with Gasteiger partial charge in [0.15, 0.2) is 5.15 Å². The zero-order chi connectivity index (χ0) is 10.7. The summed E-state index contributed by atoms with van der Waals surface area (Å²) in [6.07, 6.45) is 3.96. The monoisotopic (exact) mass is 289 g/mol. The molecule has 15 heavy (non-hydrogen) atoms. The second kappa shape index (κ2) is 5.14. The molecule has 0 unspecified atom stereocenters. The van der Waals surface area contributed by atoms with Crippen molar-refractivity contribution in [2.24, 2.45) is 0 Å². The van der Waals surface area contributed by atoms with E-state index in [2.05, 4.69) is 31.5 Å². The maximum Gasteiger partial charge on any atom is 0.152 e. The maximum atomic E-state index is 6.01. The van der Waals surface area contributed by atoms with E-state index in [0.29, 0.717) is 11.2 Å². The molecule has 1 aliphatic heterocycles. The number of nitrogens with one attached hydrogen (secondary N) is 2. The predicted octanol–water partition coefficient (Wildman–Crippen LogP) is 2.66. The molecule has 1 aromatic rings. The van der Waals surface area contributed by atoms with Gasteiger partial charge in [-0.2, -0.15) is 0 Å². The summed E-state index contributed by atoms with van der Waals surface area (Å²) >= 11 is 9.39. The molecule has 1 aliphatic rings. The van der Waals surface area contributed by atoms with E-state index in [1.54, 1.807) is 6.20 Å². The smallest absolute Gasteiger partial charge is 0.152 e. The van der Waals surface area contributed by atoms with Crippen molar-refractivity contribution in [3.63, 3.8) is 0 Å². The number of hydrogen-bond donors (Lipinski definition) is 2. The van der Waals surface area contributed by atoms with Crippen molar-refractivity contribution in [3.05, 3.63) is 21.9 Å². The number of anilines is 1. The molecule has 2 N–H and O–H groups in total. The Morgan fingerprint density at radius 3 is 2.93 bits per heavy atom. The van der Waals surface area contributed by atoms with Gasteiger partial charge in [0, 0.05) is 16.7 Å². The average Bonchev–Trinajstić information content (AvgIpc) is 2.25. The molecule has 0 aliphatic carbocycles. The van der Waals surface area contributed by atoms with Crippen molar-refractivity contribution in [3.8, 4) is 0 Å². The number of rotatable bonds is 2. The van der Waals surface area contributed by atoms with Crippen LogP contribution in [0, 0.1) is 0 Å². The highest BCUT2D eigenvalue weighted by Gasteiger charge is 2.14. The molecule has 0 saturated carbocycles. The maximum absolute atomic E-state index is 6.01. The van der Waals surface area contributed by atoms with Gasteiger partial charge >= 0.3 is 0 Å². The minimum atomic E-state index is 0.500. The quantitative estimate of drug-likeness (QED) is 0.822. The Morgan fingerprint density at radius 2 is 2.20 bits per heavy atom. The second-order valence-corrected chi connectivity index (χ2v) is 4.93. The third-order valence-corrected chi connectivity index (χ3v) is 3.24. The summed E-state index contributed by atoms with van der Waals surface area (Å²) in [5.41, 5.74) is 0.915. The van der Waals surface area contributed by atoms with Crippen LogP contribution in [0.1, 0.15) is 12.8 Å². The van der Waals surface area contributed by atoms with Gasteiger partial charge in [-0.15, -0.1) is 0 Å². The van der Waals surface area contributed by atoms with Crippen LogP contribution >= 0.6 is 27.5 Å². The van der Waals surface area contributed by atoms with Gasteiger partial charge in [-0.05, 0) is 47.9 Å². The lowest BCUT2D eigenvalue weighted by atomic mass is 10.1. The first-order chi connectivity index (χ1) is 7.25. The highest BCUT2D eigenvalue weighted by atomic mass is 79.9. The Bertz CT molecular complexity index is 339. The molecule has 0 aromatic carbocycles. The summed E-state index contributed by atoms with van der Waals surface area (Å²) in [5, 5.41) is 7.29. The zero-order valence-corrected chi connectivity index (χ0v) is 10.6. The average molecular weight is 291 g/mol. The van der Waals surface area contributed by atoms with Gasteiger partial charge in [0.2, 0.25) is 0 Å². The number of piperidine rings is 1. The molecule has 2 rings (SSSR count). The minimum Gasteiger partial charge on any atom is -0.380 e. The van der Waals surface area contributed by atoms with Crippen molar-refractivity contribution in [2.45, 2.75) is 18.9 Å². The lowest BCUT2D eigenvalue weighted by molar-refractivity contribution is 0.479. The van der Waals surface area contributed by atoms with Crippen LogP contribution in [-0.4, -0.2) is 24.1 Å². The first kappa shape index (κ1) is 11.2. The molecule has 1 fully saturated rings. The first-order valence-corrected chi connectivity index (χ1v) is 6.21. The van der Waals surface area contributed by atoms with E-state index >= 15 is 0 Å². The molecule has 0 spiro atoms. The van der Waals surface area contributed by atoms with E-state index in [0.717, 1.165) is 36.1 Å². The normalized spacial score (nSPS) is 17.7. The van der Waals surface area contributed by atoms with Crippen LogP contribution in [0.3, 0.4) is 0 Å². The van der Waals surface area contributed by atoms with Crippen molar-refractivity contribution >= 4 is 33.2 Å². The summed E-state index contributed by atoms with van der Waals surface area (Å²) in [6, 6.07) is 2.47.